The minimum absolute atomic E-state index is 0.380. The predicted molar refractivity (Wildman–Crippen MR) is 103 cm³/mol. The van der Waals surface area contributed by atoms with Crippen LogP contribution in [0.2, 0.25) is 0 Å². The molecule has 0 aromatic heterocycles. The van der Waals surface area contributed by atoms with Gasteiger partial charge in [-0.1, -0.05) is 32.9 Å². The molecule has 1 rings (SSSR count). The number of benzene rings is 1. The third kappa shape index (κ3) is 6.30. The molecule has 2 heteroatoms. The Morgan fingerprint density at radius 1 is 0.958 bits per heavy atom. The molecule has 0 aliphatic rings. The largest absolute Gasteiger partial charge is 0.481 e. The van der Waals surface area contributed by atoms with E-state index in [9.17, 15) is 9.90 Å². The normalized spacial score (nSPS) is 12.5. The third-order valence-electron chi connectivity index (χ3n) is 5.15. The smallest absolute Gasteiger partial charge is 0.309 e. The first-order valence-corrected chi connectivity index (χ1v) is 9.25. The topological polar surface area (TPSA) is 37.3 Å². The van der Waals surface area contributed by atoms with Gasteiger partial charge in [0.15, 0.2) is 0 Å². The van der Waals surface area contributed by atoms with Crippen LogP contribution in [0.5, 0.6) is 0 Å². The number of hydrogen-bond acceptors (Lipinski definition) is 1. The molecule has 0 bridgehead atoms. The lowest BCUT2D eigenvalue weighted by Gasteiger charge is -2.21. The second-order valence-electron chi connectivity index (χ2n) is 9.10. The van der Waals surface area contributed by atoms with Crippen LogP contribution < -0.4 is 0 Å². The van der Waals surface area contributed by atoms with Crippen molar-refractivity contribution in [2.45, 2.75) is 87.0 Å². The highest BCUT2D eigenvalue weighted by Crippen LogP contribution is 2.28. The molecule has 0 amide bonds. The van der Waals surface area contributed by atoms with E-state index in [2.05, 4.69) is 46.8 Å². The quantitative estimate of drug-likeness (QED) is 0.624. The number of aliphatic carboxylic acids is 1. The summed E-state index contributed by atoms with van der Waals surface area (Å²) < 4.78 is 0. The molecule has 2 nitrogen and oxygen atoms in total. The molecule has 0 spiro atoms. The van der Waals surface area contributed by atoms with E-state index in [-0.39, 0.29) is 0 Å². The van der Waals surface area contributed by atoms with Crippen LogP contribution in [0.1, 0.15) is 82.6 Å². The Balaban J connectivity index is 2.80. The van der Waals surface area contributed by atoms with Crippen LogP contribution in [0, 0.1) is 24.7 Å². The van der Waals surface area contributed by atoms with Gasteiger partial charge in [0.1, 0.15) is 0 Å². The summed E-state index contributed by atoms with van der Waals surface area (Å²) in [6.07, 6.45) is 6.18. The summed E-state index contributed by atoms with van der Waals surface area (Å²) in [5.74, 6) is -0.700. The Hall–Kier alpha value is -1.31. The van der Waals surface area contributed by atoms with Crippen LogP contribution in [0.25, 0.3) is 0 Å². The monoisotopic (exact) mass is 332 g/mol. The van der Waals surface area contributed by atoms with Gasteiger partial charge in [-0.05, 0) is 93.9 Å². The molecule has 136 valence electrons. The van der Waals surface area contributed by atoms with E-state index in [0.29, 0.717) is 5.41 Å². The Kier molecular flexibility index (Phi) is 7.07. The SMILES string of the molecule is Cc1ccc(CCCC(C)(C)C)c(CCCC(C)(C)C(=O)O)c1C. The second kappa shape index (κ2) is 8.18. The van der Waals surface area contributed by atoms with Gasteiger partial charge in [0, 0.05) is 0 Å². The first-order chi connectivity index (χ1) is 10.9. The van der Waals surface area contributed by atoms with Crippen molar-refractivity contribution >= 4 is 5.97 Å². The minimum atomic E-state index is -0.700. The van der Waals surface area contributed by atoms with Crippen LogP contribution in [-0.4, -0.2) is 11.1 Å². The number of aryl methyl sites for hydroxylation is 2. The first-order valence-electron chi connectivity index (χ1n) is 9.25. The summed E-state index contributed by atoms with van der Waals surface area (Å²) in [5.41, 5.74) is 5.37. The standard InChI is InChI=1S/C22H36O2/c1-16-12-13-18(10-8-14-21(3,4)5)19(17(16)2)11-9-15-22(6,7)20(23)24/h12-13H,8-11,14-15H2,1-7H3,(H,23,24). The summed E-state index contributed by atoms with van der Waals surface area (Å²) in [4.78, 5) is 11.3. The summed E-state index contributed by atoms with van der Waals surface area (Å²) in [6, 6.07) is 4.51. The Bertz CT molecular complexity index is 562. The zero-order valence-electron chi connectivity index (χ0n) is 16.8. The van der Waals surface area contributed by atoms with Crippen molar-refractivity contribution in [2.24, 2.45) is 10.8 Å². The highest BCUT2D eigenvalue weighted by molar-refractivity contribution is 5.73. The lowest BCUT2D eigenvalue weighted by molar-refractivity contribution is -0.147. The second-order valence-corrected chi connectivity index (χ2v) is 9.10. The maximum Gasteiger partial charge on any atom is 0.309 e. The molecular weight excluding hydrogens is 296 g/mol. The highest BCUT2D eigenvalue weighted by Gasteiger charge is 2.26. The molecule has 1 aromatic carbocycles. The fourth-order valence-corrected chi connectivity index (χ4v) is 3.14. The van der Waals surface area contributed by atoms with Crippen LogP contribution in [0.3, 0.4) is 0 Å². The van der Waals surface area contributed by atoms with Crippen LogP contribution in [-0.2, 0) is 17.6 Å². The fraction of sp³-hybridized carbons (Fsp3) is 0.682. The summed E-state index contributed by atoms with van der Waals surface area (Å²) in [5, 5.41) is 9.28. The Morgan fingerprint density at radius 3 is 2.08 bits per heavy atom. The van der Waals surface area contributed by atoms with Gasteiger partial charge in [-0.25, -0.2) is 0 Å². The van der Waals surface area contributed by atoms with E-state index in [0.717, 1.165) is 25.7 Å². The Labute approximate surface area is 148 Å². The van der Waals surface area contributed by atoms with Crippen molar-refractivity contribution in [2.75, 3.05) is 0 Å². The predicted octanol–water partition coefficient (Wildman–Crippen LogP) is 6.11. The number of carboxylic acids is 1. The minimum Gasteiger partial charge on any atom is -0.481 e. The molecule has 0 fully saturated rings. The first kappa shape index (κ1) is 20.7. The van der Waals surface area contributed by atoms with E-state index in [1.54, 1.807) is 0 Å². The van der Waals surface area contributed by atoms with E-state index >= 15 is 0 Å². The number of carboxylic acid groups (broad SMARTS) is 1. The summed E-state index contributed by atoms with van der Waals surface area (Å²) >= 11 is 0. The van der Waals surface area contributed by atoms with Gasteiger partial charge >= 0.3 is 5.97 Å². The average molecular weight is 333 g/mol. The molecule has 1 N–H and O–H groups in total. The van der Waals surface area contributed by atoms with Gasteiger partial charge < -0.3 is 5.11 Å². The lowest BCUT2D eigenvalue weighted by atomic mass is 9.84. The molecule has 0 heterocycles. The third-order valence-corrected chi connectivity index (χ3v) is 5.15. The van der Waals surface area contributed by atoms with Crippen molar-refractivity contribution < 1.29 is 9.90 Å². The van der Waals surface area contributed by atoms with Crippen LogP contribution in [0.4, 0.5) is 0 Å². The molecule has 0 unspecified atom stereocenters. The highest BCUT2D eigenvalue weighted by atomic mass is 16.4. The molecule has 0 aliphatic heterocycles. The van der Waals surface area contributed by atoms with E-state index in [1.807, 2.05) is 13.8 Å². The number of rotatable bonds is 8. The van der Waals surface area contributed by atoms with E-state index in [4.69, 9.17) is 0 Å². The zero-order chi connectivity index (χ0) is 18.5. The van der Waals surface area contributed by atoms with Gasteiger partial charge in [-0.15, -0.1) is 0 Å². The molecule has 1 aromatic rings. The molecule has 24 heavy (non-hydrogen) atoms. The lowest BCUT2D eigenvalue weighted by Crippen LogP contribution is -2.23. The van der Waals surface area contributed by atoms with Crippen molar-refractivity contribution in [3.63, 3.8) is 0 Å². The van der Waals surface area contributed by atoms with Crippen LogP contribution in [0.15, 0.2) is 12.1 Å². The number of carbonyl (C=O) groups is 1. The van der Waals surface area contributed by atoms with Crippen molar-refractivity contribution in [1.82, 2.24) is 0 Å². The number of hydrogen-bond donors (Lipinski definition) is 1. The summed E-state index contributed by atoms with van der Waals surface area (Å²) in [7, 11) is 0. The average Bonchev–Trinajstić information content (AvgIpc) is 2.44. The van der Waals surface area contributed by atoms with Crippen molar-refractivity contribution in [3.05, 3.63) is 34.4 Å². The van der Waals surface area contributed by atoms with Gasteiger partial charge in [0.2, 0.25) is 0 Å². The van der Waals surface area contributed by atoms with Crippen molar-refractivity contribution in [1.29, 1.82) is 0 Å². The fourth-order valence-electron chi connectivity index (χ4n) is 3.14. The molecule has 0 atom stereocenters. The molecule has 0 radical (unpaired) electrons. The van der Waals surface area contributed by atoms with Gasteiger partial charge in [0.05, 0.1) is 5.41 Å². The summed E-state index contributed by atoms with van der Waals surface area (Å²) in [6.45, 7) is 14.9. The van der Waals surface area contributed by atoms with E-state index < -0.39 is 11.4 Å². The maximum atomic E-state index is 11.3. The molecule has 0 saturated carbocycles. The maximum absolute atomic E-state index is 11.3. The van der Waals surface area contributed by atoms with Gasteiger partial charge in [-0.2, -0.15) is 0 Å². The van der Waals surface area contributed by atoms with E-state index in [1.165, 1.54) is 35.1 Å². The van der Waals surface area contributed by atoms with Gasteiger partial charge in [0.25, 0.3) is 0 Å². The Morgan fingerprint density at radius 2 is 1.54 bits per heavy atom. The molecule has 0 aliphatic carbocycles. The molecule has 0 saturated heterocycles. The molecular formula is C22H36O2. The zero-order valence-corrected chi connectivity index (χ0v) is 16.8. The van der Waals surface area contributed by atoms with Gasteiger partial charge in [-0.3, -0.25) is 4.79 Å². The van der Waals surface area contributed by atoms with Crippen molar-refractivity contribution in [3.8, 4) is 0 Å². The van der Waals surface area contributed by atoms with Crippen LogP contribution >= 0.6 is 0 Å².